The highest BCUT2D eigenvalue weighted by Gasteiger charge is 2.13. The molecule has 0 radical (unpaired) electrons. The number of ether oxygens (including phenoxy) is 2. The van der Waals surface area contributed by atoms with Gasteiger partial charge in [0, 0.05) is 37.2 Å². The fourth-order valence-corrected chi connectivity index (χ4v) is 3.36. The summed E-state index contributed by atoms with van der Waals surface area (Å²) in [5, 5.41) is 7.85. The molecule has 1 aromatic heterocycles. The minimum absolute atomic E-state index is 0. The molecule has 1 heterocycles. The number of hydrogen-bond donors (Lipinski definition) is 3. The van der Waals surface area contributed by atoms with Gasteiger partial charge in [0.15, 0.2) is 5.96 Å². The highest BCUT2D eigenvalue weighted by Crippen LogP contribution is 2.21. The number of nitrogens with one attached hydrogen (secondary N) is 3. The van der Waals surface area contributed by atoms with Crippen LogP contribution in [0.2, 0.25) is 0 Å². The van der Waals surface area contributed by atoms with Crippen LogP contribution >= 0.6 is 24.0 Å². The Labute approximate surface area is 199 Å². The van der Waals surface area contributed by atoms with Crippen LogP contribution in [0.25, 0.3) is 10.9 Å². The van der Waals surface area contributed by atoms with Crippen molar-refractivity contribution in [1.29, 1.82) is 0 Å². The summed E-state index contributed by atoms with van der Waals surface area (Å²) in [4.78, 5) is 19.6. The molecule has 3 rings (SSSR count). The van der Waals surface area contributed by atoms with E-state index in [2.05, 4.69) is 51.9 Å². The van der Waals surface area contributed by atoms with Gasteiger partial charge in [-0.1, -0.05) is 18.2 Å². The van der Waals surface area contributed by atoms with Crippen molar-refractivity contribution in [1.82, 2.24) is 15.6 Å². The highest BCUT2D eigenvalue weighted by molar-refractivity contribution is 14.0. The van der Waals surface area contributed by atoms with Gasteiger partial charge >= 0.3 is 5.97 Å². The lowest BCUT2D eigenvalue weighted by Gasteiger charge is -2.13. The number of methoxy groups -OCH3 is 2. The lowest BCUT2D eigenvalue weighted by Crippen LogP contribution is -2.37. The molecule has 8 heteroatoms. The zero-order valence-electron chi connectivity index (χ0n) is 18.2. The molecule has 0 bridgehead atoms. The number of aryl methyl sites for hydroxylation is 1. The molecule has 3 N–H and O–H groups in total. The third kappa shape index (κ3) is 6.13. The molecule has 0 aliphatic heterocycles. The summed E-state index contributed by atoms with van der Waals surface area (Å²) in [5.41, 5.74) is 5.00. The van der Waals surface area contributed by atoms with Gasteiger partial charge in [-0.3, -0.25) is 4.99 Å². The Morgan fingerprint density at radius 3 is 2.65 bits per heavy atom. The smallest absolute Gasteiger partial charge is 0.341 e. The molecule has 0 aliphatic carbocycles. The van der Waals surface area contributed by atoms with Gasteiger partial charge in [0.1, 0.15) is 11.3 Å². The number of carbonyl (C=O) groups is 1. The molecule has 0 spiro atoms. The Morgan fingerprint density at radius 2 is 1.94 bits per heavy atom. The second-order valence-corrected chi connectivity index (χ2v) is 6.99. The third-order valence-electron chi connectivity index (χ3n) is 4.96. The number of H-pyrrole nitrogens is 1. The average molecular weight is 536 g/mol. The maximum atomic E-state index is 11.9. The highest BCUT2D eigenvalue weighted by atomic mass is 127. The molecule has 2 aromatic carbocycles. The van der Waals surface area contributed by atoms with E-state index in [1.807, 2.05) is 6.07 Å². The first-order valence-electron chi connectivity index (χ1n) is 9.82. The summed E-state index contributed by atoms with van der Waals surface area (Å²) in [5.74, 6) is 0.758. The molecule has 0 amide bonds. The number of aliphatic imine (C=N–C) groups is 1. The van der Waals surface area contributed by atoms with Crippen molar-refractivity contribution in [2.45, 2.75) is 19.9 Å². The van der Waals surface area contributed by atoms with Crippen molar-refractivity contribution >= 4 is 46.8 Å². The molecular weight excluding hydrogens is 507 g/mol. The summed E-state index contributed by atoms with van der Waals surface area (Å²) in [6, 6.07) is 11.9. The first kappa shape index (κ1) is 24.5. The van der Waals surface area contributed by atoms with E-state index in [1.165, 1.54) is 30.7 Å². The van der Waals surface area contributed by atoms with Gasteiger partial charge in [-0.05, 0) is 48.2 Å². The van der Waals surface area contributed by atoms with Crippen LogP contribution in [0.1, 0.15) is 27.0 Å². The molecule has 0 saturated carbocycles. The lowest BCUT2D eigenvalue weighted by atomic mass is 10.1. The van der Waals surface area contributed by atoms with E-state index in [0.717, 1.165) is 24.0 Å². The van der Waals surface area contributed by atoms with Crippen LogP contribution in [0.5, 0.6) is 5.75 Å². The first-order chi connectivity index (χ1) is 14.5. The number of nitrogens with zero attached hydrogens (tertiary/aromatic N) is 1. The molecular formula is C23H29IN4O3. The number of halogens is 1. The largest absolute Gasteiger partial charge is 0.496 e. The van der Waals surface area contributed by atoms with Crippen LogP contribution in [0, 0.1) is 6.92 Å². The van der Waals surface area contributed by atoms with Crippen molar-refractivity contribution in [2.75, 3.05) is 27.8 Å². The topological polar surface area (TPSA) is 87.7 Å². The van der Waals surface area contributed by atoms with Gasteiger partial charge in [-0.15, -0.1) is 24.0 Å². The van der Waals surface area contributed by atoms with Crippen LogP contribution in [-0.2, 0) is 17.7 Å². The molecule has 166 valence electrons. The zero-order chi connectivity index (χ0) is 21.5. The van der Waals surface area contributed by atoms with Gasteiger partial charge < -0.3 is 25.1 Å². The predicted molar refractivity (Wildman–Crippen MR) is 135 cm³/mol. The maximum Gasteiger partial charge on any atom is 0.341 e. The Morgan fingerprint density at radius 1 is 1.13 bits per heavy atom. The molecule has 0 aliphatic rings. The summed E-state index contributed by atoms with van der Waals surface area (Å²) in [7, 11) is 4.62. The fraction of sp³-hybridized carbons (Fsp3) is 0.304. The van der Waals surface area contributed by atoms with E-state index in [1.54, 1.807) is 19.2 Å². The van der Waals surface area contributed by atoms with E-state index in [4.69, 9.17) is 9.47 Å². The van der Waals surface area contributed by atoms with Gasteiger partial charge in [0.25, 0.3) is 0 Å². The van der Waals surface area contributed by atoms with Crippen LogP contribution < -0.4 is 15.4 Å². The van der Waals surface area contributed by atoms with E-state index < -0.39 is 5.97 Å². The standard InChI is InChI=1S/C23H28N4O3.HI/c1-15-5-7-18-17(14-26-20(18)11-15)9-10-25-23(24-2)27-13-16-6-8-21(29-3)19(12-16)22(28)30-4;/h5-8,11-12,14,26H,9-10,13H2,1-4H3,(H2,24,25,27);1H. The lowest BCUT2D eigenvalue weighted by molar-refractivity contribution is 0.0597. The number of aromatic amines is 1. The second kappa shape index (κ2) is 11.6. The molecule has 31 heavy (non-hydrogen) atoms. The number of fused-ring (bicyclic) bond motifs is 1. The number of carbonyl (C=O) groups excluding carboxylic acids is 1. The van der Waals surface area contributed by atoms with Gasteiger partial charge in [-0.2, -0.15) is 0 Å². The van der Waals surface area contributed by atoms with E-state index in [9.17, 15) is 4.79 Å². The number of benzene rings is 2. The molecule has 0 saturated heterocycles. The van der Waals surface area contributed by atoms with Crippen molar-refractivity contribution in [3.05, 3.63) is 64.8 Å². The van der Waals surface area contributed by atoms with Crippen molar-refractivity contribution < 1.29 is 14.3 Å². The van der Waals surface area contributed by atoms with Crippen molar-refractivity contribution in [2.24, 2.45) is 4.99 Å². The monoisotopic (exact) mass is 536 g/mol. The number of guanidine groups is 1. The van der Waals surface area contributed by atoms with Crippen LogP contribution in [0.4, 0.5) is 0 Å². The van der Waals surface area contributed by atoms with Crippen molar-refractivity contribution in [3.8, 4) is 5.75 Å². The maximum absolute atomic E-state index is 11.9. The van der Waals surface area contributed by atoms with E-state index >= 15 is 0 Å². The molecule has 7 nitrogen and oxygen atoms in total. The normalized spacial score (nSPS) is 11.0. The molecule has 0 unspecified atom stereocenters. The molecule has 0 fully saturated rings. The van der Waals surface area contributed by atoms with Gasteiger partial charge in [-0.25, -0.2) is 4.79 Å². The summed E-state index contributed by atoms with van der Waals surface area (Å²) in [6.07, 6.45) is 2.94. The van der Waals surface area contributed by atoms with Crippen LogP contribution in [0.3, 0.4) is 0 Å². The number of hydrogen-bond acceptors (Lipinski definition) is 4. The molecule has 0 atom stereocenters. The fourth-order valence-electron chi connectivity index (χ4n) is 3.36. The quantitative estimate of drug-likeness (QED) is 0.185. The molecule has 3 aromatic rings. The number of rotatable bonds is 7. The summed E-state index contributed by atoms with van der Waals surface area (Å²) >= 11 is 0. The van der Waals surface area contributed by atoms with Crippen molar-refractivity contribution in [3.63, 3.8) is 0 Å². The Bertz CT molecular complexity index is 1060. The Hall–Kier alpha value is -2.75. The van der Waals surface area contributed by atoms with Gasteiger partial charge in [0.2, 0.25) is 0 Å². The Kier molecular flexibility index (Phi) is 9.17. The third-order valence-corrected chi connectivity index (χ3v) is 4.96. The number of aromatic nitrogens is 1. The van der Waals surface area contributed by atoms with Crippen LogP contribution in [0.15, 0.2) is 47.6 Å². The minimum Gasteiger partial charge on any atom is -0.496 e. The van der Waals surface area contributed by atoms with E-state index in [0.29, 0.717) is 23.8 Å². The SMILES string of the molecule is CN=C(NCCc1c[nH]c2cc(C)ccc12)NCc1ccc(OC)c(C(=O)OC)c1.I. The predicted octanol–water partition coefficient (Wildman–Crippen LogP) is 3.80. The summed E-state index contributed by atoms with van der Waals surface area (Å²) < 4.78 is 10.1. The number of esters is 1. The van der Waals surface area contributed by atoms with E-state index in [-0.39, 0.29) is 24.0 Å². The average Bonchev–Trinajstić information content (AvgIpc) is 3.17. The minimum atomic E-state index is -0.426. The first-order valence-corrected chi connectivity index (χ1v) is 9.82. The second-order valence-electron chi connectivity index (χ2n) is 6.99. The Balaban J connectivity index is 0.00000341. The van der Waals surface area contributed by atoms with Gasteiger partial charge in [0.05, 0.1) is 14.2 Å². The zero-order valence-corrected chi connectivity index (χ0v) is 20.6. The van der Waals surface area contributed by atoms with Crippen LogP contribution in [-0.4, -0.2) is 44.7 Å². The summed E-state index contributed by atoms with van der Waals surface area (Å²) in [6.45, 7) is 3.35.